The molecule has 2 aromatic heterocycles. The first-order chi connectivity index (χ1) is 10.4. The molecule has 0 radical (unpaired) electrons. The van der Waals surface area contributed by atoms with Gasteiger partial charge in [-0.25, -0.2) is 4.98 Å². The van der Waals surface area contributed by atoms with E-state index in [0.717, 1.165) is 5.56 Å². The first-order valence-electron chi connectivity index (χ1n) is 6.66. The normalized spacial score (nSPS) is 11.3. The van der Waals surface area contributed by atoms with Crippen LogP contribution in [0.4, 0.5) is 0 Å². The highest BCUT2D eigenvalue weighted by molar-refractivity contribution is 6.42. The molecule has 0 fully saturated rings. The summed E-state index contributed by atoms with van der Waals surface area (Å²) < 4.78 is 1.45. The molecule has 0 unspecified atom stereocenters. The highest BCUT2D eigenvalue weighted by Crippen LogP contribution is 2.27. The summed E-state index contributed by atoms with van der Waals surface area (Å²) in [5.41, 5.74) is 1.71. The molecule has 0 aliphatic carbocycles. The lowest BCUT2D eigenvalue weighted by molar-refractivity contribution is 0.0937. The van der Waals surface area contributed by atoms with Crippen LogP contribution in [-0.2, 0) is 0 Å². The Morgan fingerprint density at radius 3 is 2.68 bits per heavy atom. The molecule has 2 N–H and O–H groups in total. The van der Waals surface area contributed by atoms with Crippen LogP contribution in [0, 0.1) is 0 Å². The van der Waals surface area contributed by atoms with Crippen LogP contribution in [-0.4, -0.2) is 31.8 Å². The van der Waals surface area contributed by atoms with Crippen molar-refractivity contribution in [1.82, 2.24) is 25.1 Å². The molecule has 0 atom stereocenters. The highest BCUT2D eigenvalue weighted by Gasteiger charge is 2.14. The van der Waals surface area contributed by atoms with Gasteiger partial charge in [-0.05, 0) is 32.0 Å². The number of carbonyl (C=O) groups is 1. The standard InChI is InChI=1S/C14H13Cl2N5O/c1-7(2)17-14(22)11-6-12-18-13(20-21(12)19-11)8-3-4-9(15)10(16)5-8/h3-7,19H,1-2H3,(H,17,22). The van der Waals surface area contributed by atoms with Crippen molar-refractivity contribution in [2.24, 2.45) is 0 Å². The van der Waals surface area contributed by atoms with E-state index in [0.29, 0.717) is 27.2 Å². The fraction of sp³-hybridized carbons (Fsp3) is 0.214. The Hall–Kier alpha value is -2.05. The summed E-state index contributed by atoms with van der Waals surface area (Å²) in [6.45, 7) is 3.79. The molecule has 0 aliphatic rings. The summed E-state index contributed by atoms with van der Waals surface area (Å²) in [6.07, 6.45) is 0. The molecule has 3 rings (SSSR count). The minimum atomic E-state index is -0.196. The predicted molar refractivity (Wildman–Crippen MR) is 85.4 cm³/mol. The SMILES string of the molecule is CC(C)NC(=O)c1cc2nc(-c3ccc(Cl)c(Cl)c3)nn2[nH]1. The van der Waals surface area contributed by atoms with E-state index in [1.165, 1.54) is 4.63 Å². The third kappa shape index (κ3) is 2.80. The van der Waals surface area contributed by atoms with Gasteiger partial charge in [0.25, 0.3) is 5.91 Å². The Bertz CT molecular complexity index is 821. The van der Waals surface area contributed by atoms with Crippen LogP contribution in [0.25, 0.3) is 17.0 Å². The third-order valence-corrected chi connectivity index (χ3v) is 3.71. The van der Waals surface area contributed by atoms with Gasteiger partial charge < -0.3 is 5.32 Å². The van der Waals surface area contributed by atoms with Gasteiger partial charge in [-0.3, -0.25) is 9.89 Å². The lowest BCUT2D eigenvalue weighted by Crippen LogP contribution is -2.30. The Morgan fingerprint density at radius 1 is 1.27 bits per heavy atom. The van der Waals surface area contributed by atoms with E-state index in [2.05, 4.69) is 20.5 Å². The maximum atomic E-state index is 11.9. The maximum Gasteiger partial charge on any atom is 0.269 e. The average Bonchev–Trinajstić information content (AvgIpc) is 2.99. The summed E-state index contributed by atoms with van der Waals surface area (Å²) in [5.74, 6) is 0.305. The van der Waals surface area contributed by atoms with Crippen LogP contribution in [0.15, 0.2) is 24.3 Å². The van der Waals surface area contributed by atoms with E-state index in [9.17, 15) is 4.79 Å². The van der Waals surface area contributed by atoms with Gasteiger partial charge in [0.05, 0.1) is 10.0 Å². The Balaban J connectivity index is 1.93. The molecule has 8 heteroatoms. The summed E-state index contributed by atoms with van der Waals surface area (Å²) in [6, 6.07) is 6.88. The van der Waals surface area contributed by atoms with Crippen molar-refractivity contribution in [2.45, 2.75) is 19.9 Å². The topological polar surface area (TPSA) is 75.1 Å². The van der Waals surface area contributed by atoms with Gasteiger partial charge in [-0.15, -0.1) is 5.10 Å². The molecule has 3 aromatic rings. The highest BCUT2D eigenvalue weighted by atomic mass is 35.5. The number of amides is 1. The number of fused-ring (bicyclic) bond motifs is 1. The quantitative estimate of drug-likeness (QED) is 0.770. The van der Waals surface area contributed by atoms with E-state index in [-0.39, 0.29) is 11.9 Å². The first-order valence-corrected chi connectivity index (χ1v) is 7.41. The van der Waals surface area contributed by atoms with Gasteiger partial charge in [0.2, 0.25) is 0 Å². The zero-order valence-electron chi connectivity index (χ0n) is 11.9. The fourth-order valence-electron chi connectivity index (χ4n) is 1.99. The van der Waals surface area contributed by atoms with Gasteiger partial charge in [0.15, 0.2) is 11.5 Å². The number of carbonyl (C=O) groups excluding carboxylic acids is 1. The first kappa shape index (κ1) is 14.9. The van der Waals surface area contributed by atoms with Crippen LogP contribution in [0.5, 0.6) is 0 Å². The monoisotopic (exact) mass is 337 g/mol. The van der Waals surface area contributed by atoms with E-state index in [4.69, 9.17) is 23.2 Å². The zero-order valence-corrected chi connectivity index (χ0v) is 13.4. The second-order valence-electron chi connectivity index (χ2n) is 5.13. The van der Waals surface area contributed by atoms with Crippen LogP contribution < -0.4 is 5.32 Å². The van der Waals surface area contributed by atoms with Gasteiger partial charge >= 0.3 is 0 Å². The molecule has 6 nitrogen and oxygen atoms in total. The molecule has 1 amide bonds. The number of nitrogens with one attached hydrogen (secondary N) is 2. The van der Waals surface area contributed by atoms with Gasteiger partial charge in [-0.2, -0.15) is 4.63 Å². The number of aromatic nitrogens is 4. The molecule has 22 heavy (non-hydrogen) atoms. The summed E-state index contributed by atoms with van der Waals surface area (Å²) in [5, 5.41) is 10.9. The number of rotatable bonds is 3. The minimum absolute atomic E-state index is 0.0582. The predicted octanol–water partition coefficient (Wildman–Crippen LogP) is 3.17. The summed E-state index contributed by atoms with van der Waals surface area (Å²) in [4.78, 5) is 16.3. The van der Waals surface area contributed by atoms with Crippen molar-refractivity contribution in [3.63, 3.8) is 0 Å². The smallest absolute Gasteiger partial charge is 0.269 e. The lowest BCUT2D eigenvalue weighted by atomic mass is 10.2. The zero-order chi connectivity index (χ0) is 15.9. The number of H-pyrrole nitrogens is 1. The number of nitrogens with zero attached hydrogens (tertiary/aromatic N) is 3. The second-order valence-corrected chi connectivity index (χ2v) is 5.95. The maximum absolute atomic E-state index is 11.9. The fourth-order valence-corrected chi connectivity index (χ4v) is 2.29. The van der Waals surface area contributed by atoms with Crippen molar-refractivity contribution < 1.29 is 4.79 Å². The van der Waals surface area contributed by atoms with Gasteiger partial charge in [0.1, 0.15) is 5.69 Å². The van der Waals surface area contributed by atoms with E-state index in [1.807, 2.05) is 13.8 Å². The molecule has 2 heterocycles. The van der Waals surface area contributed by atoms with Crippen molar-refractivity contribution in [3.05, 3.63) is 40.0 Å². The van der Waals surface area contributed by atoms with E-state index < -0.39 is 0 Å². The summed E-state index contributed by atoms with van der Waals surface area (Å²) >= 11 is 11.9. The van der Waals surface area contributed by atoms with Gasteiger partial charge in [-0.1, -0.05) is 23.2 Å². The third-order valence-electron chi connectivity index (χ3n) is 2.97. The molecule has 0 saturated heterocycles. The number of hydrogen-bond donors (Lipinski definition) is 2. The van der Waals surface area contributed by atoms with Crippen molar-refractivity contribution >= 4 is 34.8 Å². The lowest BCUT2D eigenvalue weighted by Gasteiger charge is -2.05. The van der Waals surface area contributed by atoms with E-state index >= 15 is 0 Å². The van der Waals surface area contributed by atoms with Crippen molar-refractivity contribution in [3.8, 4) is 11.4 Å². The van der Waals surface area contributed by atoms with Crippen molar-refractivity contribution in [1.29, 1.82) is 0 Å². The second kappa shape index (κ2) is 5.62. The molecule has 0 bridgehead atoms. The van der Waals surface area contributed by atoms with Crippen molar-refractivity contribution in [2.75, 3.05) is 0 Å². The number of aromatic amines is 1. The minimum Gasteiger partial charge on any atom is -0.349 e. The molecule has 0 saturated carbocycles. The molecule has 0 spiro atoms. The van der Waals surface area contributed by atoms with Crippen LogP contribution >= 0.6 is 23.2 Å². The number of halogens is 2. The molecular weight excluding hydrogens is 325 g/mol. The summed E-state index contributed by atoms with van der Waals surface area (Å²) in [7, 11) is 0. The molecule has 0 aliphatic heterocycles. The number of benzene rings is 1. The molecule has 114 valence electrons. The molecular formula is C14H13Cl2N5O. The van der Waals surface area contributed by atoms with Crippen LogP contribution in [0.1, 0.15) is 24.3 Å². The van der Waals surface area contributed by atoms with Gasteiger partial charge in [0, 0.05) is 17.7 Å². The number of hydrogen-bond acceptors (Lipinski definition) is 3. The molecule has 1 aromatic carbocycles. The average molecular weight is 338 g/mol. The van der Waals surface area contributed by atoms with E-state index in [1.54, 1.807) is 24.3 Å². The Morgan fingerprint density at radius 2 is 2.05 bits per heavy atom. The largest absolute Gasteiger partial charge is 0.349 e. The Kier molecular flexibility index (Phi) is 3.80. The Labute approximate surface area is 136 Å². The van der Waals surface area contributed by atoms with Crippen LogP contribution in [0.3, 0.4) is 0 Å². The van der Waals surface area contributed by atoms with Crippen LogP contribution in [0.2, 0.25) is 10.0 Å².